The molecule has 0 bridgehead atoms. The first kappa shape index (κ1) is 12.9. The van der Waals surface area contributed by atoms with Crippen molar-refractivity contribution in [2.75, 3.05) is 0 Å². The van der Waals surface area contributed by atoms with Gasteiger partial charge >= 0.3 is 6.18 Å². The predicted molar refractivity (Wildman–Crippen MR) is 47.1 cm³/mol. The lowest BCUT2D eigenvalue weighted by Crippen LogP contribution is -2.32. The number of benzene rings is 1. The van der Waals surface area contributed by atoms with Crippen molar-refractivity contribution >= 4 is 0 Å². The van der Waals surface area contributed by atoms with Gasteiger partial charge in [0.1, 0.15) is 11.6 Å². The fourth-order valence-corrected chi connectivity index (χ4v) is 1.27. The summed E-state index contributed by atoms with van der Waals surface area (Å²) in [5.74, 6) is 2.99. The molecule has 1 rings (SSSR count). The molecule has 0 aliphatic rings. The van der Waals surface area contributed by atoms with Gasteiger partial charge in [-0.3, -0.25) is 11.3 Å². The van der Waals surface area contributed by atoms with E-state index in [-0.39, 0.29) is 5.56 Å². The van der Waals surface area contributed by atoms with Gasteiger partial charge in [0, 0.05) is 11.6 Å². The van der Waals surface area contributed by atoms with Crippen molar-refractivity contribution in [3.63, 3.8) is 0 Å². The van der Waals surface area contributed by atoms with Crippen LogP contribution in [-0.2, 0) is 0 Å². The zero-order valence-corrected chi connectivity index (χ0v) is 7.98. The van der Waals surface area contributed by atoms with Crippen molar-refractivity contribution in [2.24, 2.45) is 5.84 Å². The molecule has 7 heteroatoms. The molecular weight excluding hydrogens is 231 g/mol. The van der Waals surface area contributed by atoms with Crippen LogP contribution in [0.25, 0.3) is 0 Å². The molecule has 0 aromatic heterocycles. The van der Waals surface area contributed by atoms with Gasteiger partial charge < -0.3 is 0 Å². The molecule has 0 spiro atoms. The first-order valence-corrected chi connectivity index (χ1v) is 4.31. The molecule has 90 valence electrons. The van der Waals surface area contributed by atoms with Gasteiger partial charge in [0.05, 0.1) is 12.5 Å². The van der Waals surface area contributed by atoms with Crippen LogP contribution in [0.3, 0.4) is 0 Å². The number of halogens is 5. The average Bonchev–Trinajstić information content (AvgIpc) is 2.13. The first-order chi connectivity index (χ1) is 7.33. The van der Waals surface area contributed by atoms with Crippen LogP contribution in [0.5, 0.6) is 0 Å². The van der Waals surface area contributed by atoms with E-state index in [1.807, 2.05) is 5.43 Å². The quantitative estimate of drug-likeness (QED) is 0.483. The summed E-state index contributed by atoms with van der Waals surface area (Å²) in [6, 6.07) is 0.886. The summed E-state index contributed by atoms with van der Waals surface area (Å²) in [5, 5.41) is 0. The fourth-order valence-electron chi connectivity index (χ4n) is 1.27. The Morgan fingerprint density at radius 1 is 1.25 bits per heavy atom. The second-order valence-electron chi connectivity index (χ2n) is 3.20. The SMILES string of the molecule is NNC(CC(F)(F)F)c1ccc(F)cc1F. The number of hydrazine groups is 1. The van der Waals surface area contributed by atoms with Crippen molar-refractivity contribution in [1.82, 2.24) is 5.43 Å². The van der Waals surface area contributed by atoms with Crippen molar-refractivity contribution in [3.8, 4) is 0 Å². The Hall–Kier alpha value is -1.21. The Balaban J connectivity index is 2.95. The Bertz CT molecular complexity index is 363. The summed E-state index contributed by atoms with van der Waals surface area (Å²) in [4.78, 5) is 0. The number of hydrogen-bond donors (Lipinski definition) is 2. The maximum atomic E-state index is 13.2. The third-order valence-corrected chi connectivity index (χ3v) is 1.97. The molecule has 1 atom stereocenters. The summed E-state index contributed by atoms with van der Waals surface area (Å²) >= 11 is 0. The van der Waals surface area contributed by atoms with Gasteiger partial charge in [0.25, 0.3) is 0 Å². The molecule has 2 nitrogen and oxygen atoms in total. The van der Waals surface area contributed by atoms with E-state index in [1.54, 1.807) is 0 Å². The fraction of sp³-hybridized carbons (Fsp3) is 0.333. The van der Waals surface area contributed by atoms with Crippen molar-refractivity contribution in [3.05, 3.63) is 35.4 Å². The number of nitrogens with one attached hydrogen (secondary N) is 1. The normalized spacial score (nSPS) is 13.9. The summed E-state index contributed by atoms with van der Waals surface area (Å²) in [6.07, 6.45) is -5.82. The van der Waals surface area contributed by atoms with Crippen LogP contribution in [-0.4, -0.2) is 6.18 Å². The minimum absolute atomic E-state index is 0.318. The Labute approximate surface area is 88.2 Å². The van der Waals surface area contributed by atoms with Crippen LogP contribution in [0.2, 0.25) is 0 Å². The van der Waals surface area contributed by atoms with Crippen molar-refractivity contribution in [2.45, 2.75) is 18.6 Å². The highest BCUT2D eigenvalue weighted by atomic mass is 19.4. The zero-order valence-electron chi connectivity index (χ0n) is 7.98. The van der Waals surface area contributed by atoms with Crippen molar-refractivity contribution in [1.29, 1.82) is 0 Å². The second kappa shape index (κ2) is 4.75. The average molecular weight is 240 g/mol. The molecule has 0 heterocycles. The Kier molecular flexibility index (Phi) is 3.82. The molecule has 0 saturated heterocycles. The Morgan fingerprint density at radius 2 is 1.88 bits per heavy atom. The van der Waals surface area contributed by atoms with Gasteiger partial charge in [-0.1, -0.05) is 6.07 Å². The van der Waals surface area contributed by atoms with Gasteiger partial charge in [-0.25, -0.2) is 8.78 Å². The van der Waals surface area contributed by atoms with E-state index in [4.69, 9.17) is 5.84 Å². The van der Waals surface area contributed by atoms with E-state index in [0.717, 1.165) is 12.1 Å². The van der Waals surface area contributed by atoms with Crippen LogP contribution in [0.4, 0.5) is 22.0 Å². The molecule has 0 saturated carbocycles. The first-order valence-electron chi connectivity index (χ1n) is 4.31. The van der Waals surface area contributed by atoms with Crippen LogP contribution >= 0.6 is 0 Å². The lowest BCUT2D eigenvalue weighted by atomic mass is 10.0. The summed E-state index contributed by atoms with van der Waals surface area (Å²) in [6.45, 7) is 0. The summed E-state index contributed by atoms with van der Waals surface area (Å²) in [5.41, 5.74) is 1.53. The van der Waals surface area contributed by atoms with E-state index >= 15 is 0 Å². The van der Waals surface area contributed by atoms with E-state index < -0.39 is 30.3 Å². The molecule has 0 aliphatic carbocycles. The monoisotopic (exact) mass is 240 g/mol. The van der Waals surface area contributed by atoms with Gasteiger partial charge in [0.2, 0.25) is 0 Å². The summed E-state index contributed by atoms with van der Waals surface area (Å²) in [7, 11) is 0. The number of rotatable bonds is 3. The number of hydrogen-bond acceptors (Lipinski definition) is 2. The predicted octanol–water partition coefficient (Wildman–Crippen LogP) is 2.42. The van der Waals surface area contributed by atoms with E-state index in [2.05, 4.69) is 0 Å². The highest BCUT2D eigenvalue weighted by molar-refractivity contribution is 5.22. The molecule has 16 heavy (non-hydrogen) atoms. The number of nitrogens with two attached hydrogens (primary N) is 1. The molecule has 1 unspecified atom stereocenters. The standard InChI is InChI=1S/C9H9F5N2/c10-5-1-2-6(7(11)3-5)8(16-15)4-9(12,13)14/h1-3,8,16H,4,15H2. The smallest absolute Gasteiger partial charge is 0.271 e. The third-order valence-electron chi connectivity index (χ3n) is 1.97. The van der Waals surface area contributed by atoms with Crippen LogP contribution in [0.15, 0.2) is 18.2 Å². The molecule has 0 radical (unpaired) electrons. The van der Waals surface area contributed by atoms with Gasteiger partial charge in [-0.15, -0.1) is 0 Å². The lowest BCUT2D eigenvalue weighted by Gasteiger charge is -2.18. The van der Waals surface area contributed by atoms with Crippen LogP contribution in [0, 0.1) is 11.6 Å². The minimum atomic E-state index is -4.49. The summed E-state index contributed by atoms with van der Waals surface area (Å²) < 4.78 is 62.0. The van der Waals surface area contributed by atoms with E-state index in [0.29, 0.717) is 6.07 Å². The molecule has 1 aromatic rings. The second-order valence-corrected chi connectivity index (χ2v) is 3.20. The van der Waals surface area contributed by atoms with Gasteiger partial charge in [0.15, 0.2) is 0 Å². The maximum Gasteiger partial charge on any atom is 0.390 e. The van der Waals surface area contributed by atoms with Crippen LogP contribution in [0.1, 0.15) is 18.0 Å². The highest BCUT2D eigenvalue weighted by Gasteiger charge is 2.33. The molecule has 3 N–H and O–H groups in total. The highest BCUT2D eigenvalue weighted by Crippen LogP contribution is 2.30. The molecule has 0 amide bonds. The van der Waals surface area contributed by atoms with E-state index in [1.165, 1.54) is 0 Å². The van der Waals surface area contributed by atoms with Gasteiger partial charge in [-0.05, 0) is 6.07 Å². The molecule has 1 aromatic carbocycles. The topological polar surface area (TPSA) is 38.0 Å². The minimum Gasteiger partial charge on any atom is -0.271 e. The van der Waals surface area contributed by atoms with E-state index in [9.17, 15) is 22.0 Å². The Morgan fingerprint density at radius 3 is 2.31 bits per heavy atom. The van der Waals surface area contributed by atoms with Gasteiger partial charge in [-0.2, -0.15) is 13.2 Å². The molecule has 0 aliphatic heterocycles. The number of alkyl halides is 3. The lowest BCUT2D eigenvalue weighted by molar-refractivity contribution is -0.140. The third kappa shape index (κ3) is 3.42. The zero-order chi connectivity index (χ0) is 12.3. The maximum absolute atomic E-state index is 13.2. The largest absolute Gasteiger partial charge is 0.390 e. The molecule has 0 fully saturated rings. The van der Waals surface area contributed by atoms with Crippen molar-refractivity contribution < 1.29 is 22.0 Å². The molecular formula is C9H9F5N2. The van der Waals surface area contributed by atoms with Crippen LogP contribution < -0.4 is 11.3 Å².